The first kappa shape index (κ1) is 13.4. The minimum absolute atomic E-state index is 0.328. The smallest absolute Gasteiger partial charge is 0.163 e. The molecule has 0 aliphatic heterocycles. The van der Waals surface area contributed by atoms with Crippen LogP contribution in [0.3, 0.4) is 0 Å². The van der Waals surface area contributed by atoms with Crippen molar-refractivity contribution >= 4 is 17.1 Å². The normalized spacial score (nSPS) is 10.6. The minimum atomic E-state index is 0.328. The largest absolute Gasteiger partial charge is 0.294 e. The number of carbonyl (C=O) groups excluding carboxylic acids is 1. The van der Waals surface area contributed by atoms with E-state index >= 15 is 0 Å². The number of rotatable bonds is 8. The number of aryl methyl sites for hydroxylation is 1. The number of hydrogen-bond donors (Lipinski definition) is 0. The summed E-state index contributed by atoms with van der Waals surface area (Å²) in [5.41, 5.74) is 2.08. The van der Waals surface area contributed by atoms with E-state index in [1.807, 2.05) is 12.3 Å². The first-order chi connectivity index (χ1) is 7.75. The predicted octanol–water partition coefficient (Wildman–Crippen LogP) is 4.99. The van der Waals surface area contributed by atoms with Crippen molar-refractivity contribution in [2.75, 3.05) is 0 Å². The third kappa shape index (κ3) is 4.48. The van der Waals surface area contributed by atoms with Crippen LogP contribution in [-0.2, 0) is 0 Å². The van der Waals surface area contributed by atoms with E-state index in [9.17, 15) is 4.79 Å². The summed E-state index contributed by atoms with van der Waals surface area (Å²) in [4.78, 5) is 11.8. The zero-order valence-electron chi connectivity index (χ0n) is 10.4. The summed E-state index contributed by atoms with van der Waals surface area (Å²) in [5, 5.41) is 4.03. The molecule has 0 amide bonds. The maximum atomic E-state index is 11.8. The molecule has 0 atom stereocenters. The molecule has 0 N–H and O–H groups in total. The Hall–Kier alpha value is -0.630. The highest BCUT2D eigenvalue weighted by molar-refractivity contribution is 7.08. The lowest BCUT2D eigenvalue weighted by atomic mass is 10.0. The van der Waals surface area contributed by atoms with Gasteiger partial charge in [0.25, 0.3) is 0 Å². The summed E-state index contributed by atoms with van der Waals surface area (Å²) in [5.74, 6) is 0.328. The summed E-state index contributed by atoms with van der Waals surface area (Å²) in [6.45, 7) is 4.24. The van der Waals surface area contributed by atoms with Gasteiger partial charge in [-0.25, -0.2) is 0 Å². The van der Waals surface area contributed by atoms with E-state index in [-0.39, 0.29) is 0 Å². The maximum absolute atomic E-state index is 11.8. The van der Waals surface area contributed by atoms with Gasteiger partial charge < -0.3 is 0 Å². The molecule has 0 fully saturated rings. The van der Waals surface area contributed by atoms with Crippen LogP contribution in [-0.4, -0.2) is 5.78 Å². The fraction of sp³-hybridized carbons (Fsp3) is 0.643. The standard InChI is InChI=1S/C14H22OS/c1-3-4-5-6-7-8-9-14(15)13-11-16-10-12(13)2/h10-11H,3-9H2,1-2H3. The van der Waals surface area contributed by atoms with Gasteiger partial charge in [-0.15, -0.1) is 0 Å². The molecule has 1 aromatic rings. The lowest BCUT2D eigenvalue weighted by molar-refractivity contribution is 0.0979. The van der Waals surface area contributed by atoms with Gasteiger partial charge in [0, 0.05) is 17.4 Å². The van der Waals surface area contributed by atoms with Crippen molar-refractivity contribution < 1.29 is 4.79 Å². The van der Waals surface area contributed by atoms with Crippen LogP contribution in [0.2, 0.25) is 0 Å². The second kappa shape index (κ2) is 7.61. The molecule has 1 heterocycles. The molecule has 0 aliphatic carbocycles. The van der Waals surface area contributed by atoms with Crippen LogP contribution in [0.5, 0.6) is 0 Å². The first-order valence-corrected chi connectivity index (χ1v) is 7.26. The molecule has 0 saturated heterocycles. The molecule has 0 aliphatic rings. The molecule has 0 unspecified atom stereocenters. The highest BCUT2D eigenvalue weighted by Crippen LogP contribution is 2.17. The van der Waals surface area contributed by atoms with Crippen molar-refractivity contribution in [1.29, 1.82) is 0 Å². The molecule has 0 radical (unpaired) electrons. The number of carbonyl (C=O) groups is 1. The van der Waals surface area contributed by atoms with Crippen LogP contribution in [0.25, 0.3) is 0 Å². The van der Waals surface area contributed by atoms with Gasteiger partial charge in [-0.3, -0.25) is 4.79 Å². The summed E-state index contributed by atoms with van der Waals surface area (Å²) in [7, 11) is 0. The Balaban J connectivity index is 2.14. The van der Waals surface area contributed by atoms with Crippen LogP contribution in [0.15, 0.2) is 10.8 Å². The highest BCUT2D eigenvalue weighted by atomic mass is 32.1. The van der Waals surface area contributed by atoms with E-state index in [1.165, 1.54) is 32.1 Å². The molecular formula is C14H22OS. The quantitative estimate of drug-likeness (QED) is 0.460. The second-order valence-electron chi connectivity index (χ2n) is 4.41. The summed E-state index contributed by atoms with van der Waals surface area (Å²) >= 11 is 1.62. The van der Waals surface area contributed by atoms with Crippen LogP contribution in [0.1, 0.15) is 67.8 Å². The monoisotopic (exact) mass is 238 g/mol. The minimum Gasteiger partial charge on any atom is -0.294 e. The van der Waals surface area contributed by atoms with Crippen molar-refractivity contribution in [2.24, 2.45) is 0 Å². The average molecular weight is 238 g/mol. The molecule has 0 spiro atoms. The van der Waals surface area contributed by atoms with Crippen molar-refractivity contribution in [3.63, 3.8) is 0 Å². The molecule has 16 heavy (non-hydrogen) atoms. The Morgan fingerprint density at radius 2 is 1.81 bits per heavy atom. The molecule has 90 valence electrons. The van der Waals surface area contributed by atoms with E-state index in [2.05, 4.69) is 12.3 Å². The van der Waals surface area contributed by atoms with Crippen molar-refractivity contribution in [3.05, 3.63) is 21.9 Å². The Kier molecular flexibility index (Phi) is 6.39. The predicted molar refractivity (Wildman–Crippen MR) is 71.4 cm³/mol. The Bertz CT molecular complexity index is 314. The van der Waals surface area contributed by atoms with Crippen LogP contribution in [0, 0.1) is 6.92 Å². The highest BCUT2D eigenvalue weighted by Gasteiger charge is 2.08. The number of hydrogen-bond acceptors (Lipinski definition) is 2. The third-order valence-corrected chi connectivity index (χ3v) is 3.77. The van der Waals surface area contributed by atoms with E-state index < -0.39 is 0 Å². The SMILES string of the molecule is CCCCCCCCC(=O)c1cscc1C. The third-order valence-electron chi connectivity index (χ3n) is 2.91. The van der Waals surface area contributed by atoms with Crippen LogP contribution < -0.4 is 0 Å². The van der Waals surface area contributed by atoms with E-state index in [0.29, 0.717) is 5.78 Å². The Morgan fingerprint density at radius 3 is 2.44 bits per heavy atom. The number of ketones is 1. The molecular weight excluding hydrogens is 216 g/mol. The molecule has 1 rings (SSSR count). The van der Waals surface area contributed by atoms with Crippen molar-refractivity contribution in [2.45, 2.75) is 58.8 Å². The van der Waals surface area contributed by atoms with Crippen LogP contribution >= 0.6 is 11.3 Å². The summed E-state index contributed by atoms with van der Waals surface area (Å²) in [6.07, 6.45) is 8.20. The first-order valence-electron chi connectivity index (χ1n) is 6.31. The molecule has 0 bridgehead atoms. The molecule has 1 nitrogen and oxygen atoms in total. The lowest BCUT2D eigenvalue weighted by Gasteiger charge is -2.01. The molecule has 2 heteroatoms. The van der Waals surface area contributed by atoms with Gasteiger partial charge in [0.15, 0.2) is 5.78 Å². The van der Waals surface area contributed by atoms with Crippen molar-refractivity contribution in [3.8, 4) is 0 Å². The lowest BCUT2D eigenvalue weighted by Crippen LogP contribution is -1.98. The van der Waals surface area contributed by atoms with Gasteiger partial charge in [-0.1, -0.05) is 39.0 Å². The van der Waals surface area contributed by atoms with Gasteiger partial charge in [0.1, 0.15) is 0 Å². The van der Waals surface area contributed by atoms with E-state index in [1.54, 1.807) is 11.3 Å². The average Bonchev–Trinajstić information content (AvgIpc) is 2.69. The fourth-order valence-corrected chi connectivity index (χ4v) is 2.70. The second-order valence-corrected chi connectivity index (χ2v) is 5.15. The Labute approximate surface area is 103 Å². The van der Waals surface area contributed by atoms with Gasteiger partial charge in [-0.05, 0) is 24.3 Å². The zero-order chi connectivity index (χ0) is 11.8. The summed E-state index contributed by atoms with van der Waals surface area (Å²) < 4.78 is 0. The van der Waals surface area contributed by atoms with Gasteiger partial charge >= 0.3 is 0 Å². The van der Waals surface area contributed by atoms with Gasteiger partial charge in [-0.2, -0.15) is 11.3 Å². The zero-order valence-corrected chi connectivity index (χ0v) is 11.2. The van der Waals surface area contributed by atoms with Crippen LogP contribution in [0.4, 0.5) is 0 Å². The maximum Gasteiger partial charge on any atom is 0.163 e. The number of unbranched alkanes of at least 4 members (excludes halogenated alkanes) is 5. The molecule has 1 aromatic heterocycles. The topological polar surface area (TPSA) is 17.1 Å². The van der Waals surface area contributed by atoms with E-state index in [4.69, 9.17) is 0 Å². The van der Waals surface area contributed by atoms with Gasteiger partial charge in [0.05, 0.1) is 0 Å². The molecule has 0 aromatic carbocycles. The molecule has 0 saturated carbocycles. The Morgan fingerprint density at radius 1 is 1.12 bits per heavy atom. The van der Waals surface area contributed by atoms with Crippen molar-refractivity contribution in [1.82, 2.24) is 0 Å². The van der Waals surface area contributed by atoms with Gasteiger partial charge in [0.2, 0.25) is 0 Å². The fourth-order valence-electron chi connectivity index (χ4n) is 1.85. The number of Topliss-reactive ketones (excluding diaryl/α,β-unsaturated/α-hetero) is 1. The van der Waals surface area contributed by atoms with E-state index in [0.717, 1.165) is 24.0 Å². The summed E-state index contributed by atoms with van der Waals surface area (Å²) in [6, 6.07) is 0. The number of thiophene rings is 1.